The van der Waals surface area contributed by atoms with Gasteiger partial charge >= 0.3 is 0 Å². The maximum absolute atomic E-state index is 6.24. The second-order valence-electron chi connectivity index (χ2n) is 21.9. The minimum atomic E-state index is -0.0348. The third kappa shape index (κ3) is 9.66. The van der Waals surface area contributed by atoms with Gasteiger partial charge in [0.2, 0.25) is 20.4 Å². The van der Waals surface area contributed by atoms with E-state index in [4.69, 9.17) is 75.8 Å². The molecule has 0 radical (unpaired) electrons. The highest BCUT2D eigenvalue weighted by Gasteiger charge is 2.51. The summed E-state index contributed by atoms with van der Waals surface area (Å²) < 4.78 is 92.1. The molecule has 6 aromatic rings. The van der Waals surface area contributed by atoms with Crippen LogP contribution in [0.2, 0.25) is 0 Å². The number of aryl methyl sites for hydroxylation is 2. The maximum atomic E-state index is 6.24. The van der Waals surface area contributed by atoms with Crippen molar-refractivity contribution < 1.29 is 75.8 Å². The Hall–Kier alpha value is -6.92. The molecule has 0 amide bonds. The average molecular weight is 1090 g/mol. The van der Waals surface area contributed by atoms with Crippen molar-refractivity contribution in [2.24, 2.45) is 35.5 Å². The van der Waals surface area contributed by atoms with E-state index in [2.05, 4.69) is 80.6 Å². The molecule has 6 aromatic carbocycles. The molecule has 80 heavy (non-hydrogen) atoms. The van der Waals surface area contributed by atoms with E-state index in [1.165, 1.54) is 0 Å². The summed E-state index contributed by atoms with van der Waals surface area (Å²) in [6.45, 7) is 11.1. The molecule has 420 valence electrons. The Kier molecular flexibility index (Phi) is 14.6. The van der Waals surface area contributed by atoms with Gasteiger partial charge in [-0.25, -0.2) is 0 Å². The Morgan fingerprint density at radius 2 is 0.537 bits per heavy atom. The number of hydrogen-bond acceptors (Lipinski definition) is 16. The second-order valence-corrected chi connectivity index (χ2v) is 21.9. The van der Waals surface area contributed by atoms with Crippen LogP contribution in [0.4, 0.5) is 0 Å². The minimum absolute atomic E-state index is 0.00117. The molecule has 16 nitrogen and oxygen atoms in total. The van der Waals surface area contributed by atoms with Crippen molar-refractivity contribution >= 4 is 0 Å². The second kappa shape index (κ2) is 22.2. The van der Waals surface area contributed by atoms with Gasteiger partial charge in [0.05, 0.1) is 105 Å². The SMILES string of the molecule is COc1cc([C@@H]2OC[C@H]3[C@@H]2CO[C@@H]3c2ccc3c(c2)OCO3)ccc1C.COc1cc([C@H]2OC[C@H]3[C@@H]2CO[C@@H]3c2ccc3c(c2)OCO3)cc(OC)c1C.COc1cc([C@H]2OC[C@H]3[C@@H]2CO[C@@H]3c2ccc3c(c2)OCO3)ccc1C. The molecule has 9 aliphatic rings. The molecule has 9 aliphatic heterocycles. The summed E-state index contributed by atoms with van der Waals surface area (Å²) >= 11 is 0. The van der Waals surface area contributed by atoms with Crippen LogP contribution in [-0.4, -0.2) is 88.5 Å². The normalized spacial score (nSPS) is 28.5. The van der Waals surface area contributed by atoms with Crippen LogP contribution in [0.1, 0.15) is 86.7 Å². The quantitative estimate of drug-likeness (QED) is 0.128. The fraction of sp³-hybridized carbons (Fsp3) is 0.438. The first-order chi connectivity index (χ1) is 39.2. The Bertz CT molecular complexity index is 3020. The zero-order valence-corrected chi connectivity index (χ0v) is 46.1. The monoisotopic (exact) mass is 1090 g/mol. The van der Waals surface area contributed by atoms with Crippen LogP contribution in [0.25, 0.3) is 0 Å². The van der Waals surface area contributed by atoms with E-state index in [0.717, 1.165) is 108 Å². The van der Waals surface area contributed by atoms with Crippen molar-refractivity contribution in [1.82, 2.24) is 0 Å². The fourth-order valence-electron chi connectivity index (χ4n) is 13.3. The molecule has 0 bridgehead atoms. The van der Waals surface area contributed by atoms with E-state index in [9.17, 15) is 0 Å². The van der Waals surface area contributed by atoms with Gasteiger partial charge in [-0.2, -0.15) is 0 Å². The summed E-state index contributed by atoms with van der Waals surface area (Å²) in [5.74, 6) is 10.2. The van der Waals surface area contributed by atoms with E-state index in [0.29, 0.717) is 69.2 Å². The summed E-state index contributed by atoms with van der Waals surface area (Å²) in [6.07, 6.45) is 0.131. The van der Waals surface area contributed by atoms with Gasteiger partial charge in [0.25, 0.3) is 0 Å². The third-order valence-electron chi connectivity index (χ3n) is 17.6. The summed E-state index contributed by atoms with van der Waals surface area (Å²) in [4.78, 5) is 0. The van der Waals surface area contributed by atoms with Crippen molar-refractivity contribution in [3.05, 3.63) is 153 Å². The van der Waals surface area contributed by atoms with Crippen molar-refractivity contribution in [3.63, 3.8) is 0 Å². The van der Waals surface area contributed by atoms with Gasteiger partial charge in [0.1, 0.15) is 23.0 Å². The van der Waals surface area contributed by atoms with Gasteiger partial charge in [-0.3, -0.25) is 0 Å². The highest BCUT2D eigenvalue weighted by Crippen LogP contribution is 2.55. The van der Waals surface area contributed by atoms with E-state index in [-0.39, 0.29) is 62.9 Å². The Morgan fingerprint density at radius 1 is 0.287 bits per heavy atom. The number of benzene rings is 6. The van der Waals surface area contributed by atoms with E-state index in [1.807, 2.05) is 43.3 Å². The molecule has 6 saturated heterocycles. The molecule has 9 heterocycles. The lowest BCUT2D eigenvalue weighted by Gasteiger charge is -2.19. The highest BCUT2D eigenvalue weighted by molar-refractivity contribution is 5.50. The molecule has 0 aromatic heterocycles. The molecule has 12 atom stereocenters. The standard InChI is InChI=1S/C22H24O6.2C21H22O5/c1-12-18(23-2)7-14(8-19(12)24-3)22-16-10-25-21(15(16)9-26-22)13-4-5-17-20(6-13)28-11-27-17;2*1-12-3-4-13(7-18(12)22-2)20-15-9-24-21(16(15)10-23-20)14-5-6-17-19(8-14)26-11-25-17/h4-8,15-16,21-22H,9-11H2,1-3H3;2*3-8,15-16,20-21H,9-11H2,1-2H3/t15-,16-,21+,22+;15-,16-,20+,21+;15-,16-,20-,21+/m000/s1. The summed E-state index contributed by atoms with van der Waals surface area (Å²) in [7, 11) is 6.77. The van der Waals surface area contributed by atoms with Crippen LogP contribution in [0, 0.1) is 56.3 Å². The molecular formula is C64H68O16. The topological polar surface area (TPSA) is 148 Å². The van der Waals surface area contributed by atoms with Gasteiger partial charge in [-0.15, -0.1) is 0 Å². The molecule has 0 aliphatic carbocycles. The molecule has 6 fully saturated rings. The Balaban J connectivity index is 0.000000113. The first-order valence-corrected chi connectivity index (χ1v) is 27.6. The first-order valence-electron chi connectivity index (χ1n) is 27.6. The van der Waals surface area contributed by atoms with Gasteiger partial charge < -0.3 is 75.8 Å². The number of methoxy groups -OCH3 is 4. The zero-order valence-electron chi connectivity index (χ0n) is 46.1. The molecule has 0 unspecified atom stereocenters. The van der Waals surface area contributed by atoms with Crippen molar-refractivity contribution in [3.8, 4) is 57.5 Å². The highest BCUT2D eigenvalue weighted by atomic mass is 16.7. The van der Waals surface area contributed by atoms with Gasteiger partial charge in [0.15, 0.2) is 34.5 Å². The lowest BCUT2D eigenvalue weighted by atomic mass is 9.84. The van der Waals surface area contributed by atoms with E-state index < -0.39 is 0 Å². The first kappa shape index (κ1) is 52.5. The van der Waals surface area contributed by atoms with Crippen LogP contribution in [0.3, 0.4) is 0 Å². The van der Waals surface area contributed by atoms with Crippen molar-refractivity contribution in [2.75, 3.05) is 88.5 Å². The third-order valence-corrected chi connectivity index (χ3v) is 17.6. The predicted molar refractivity (Wildman–Crippen MR) is 291 cm³/mol. The summed E-state index contributed by atoms with van der Waals surface area (Å²) in [5.41, 5.74) is 10.0. The number of rotatable bonds is 10. The molecule has 0 saturated carbocycles. The summed E-state index contributed by atoms with van der Waals surface area (Å²) in [5, 5.41) is 0. The van der Waals surface area contributed by atoms with Gasteiger partial charge in [-0.05, 0) is 126 Å². The van der Waals surface area contributed by atoms with E-state index in [1.54, 1.807) is 28.4 Å². The zero-order chi connectivity index (χ0) is 54.6. The minimum Gasteiger partial charge on any atom is -0.496 e. The fourth-order valence-corrected chi connectivity index (χ4v) is 13.3. The van der Waals surface area contributed by atoms with Crippen molar-refractivity contribution in [1.29, 1.82) is 0 Å². The number of ether oxygens (including phenoxy) is 16. The summed E-state index contributed by atoms with van der Waals surface area (Å²) in [6, 6.07) is 35.0. The molecule has 0 spiro atoms. The van der Waals surface area contributed by atoms with Crippen LogP contribution in [0.5, 0.6) is 57.5 Å². The van der Waals surface area contributed by atoms with Crippen LogP contribution in [0.15, 0.2) is 103 Å². The lowest BCUT2D eigenvalue weighted by Crippen LogP contribution is -2.14. The molecule has 15 rings (SSSR count). The number of hydrogen-bond donors (Lipinski definition) is 0. The lowest BCUT2D eigenvalue weighted by molar-refractivity contribution is 0.0190. The average Bonchev–Trinajstić information content (AvgIpc) is 4.42. The smallest absolute Gasteiger partial charge is 0.231 e. The van der Waals surface area contributed by atoms with Crippen molar-refractivity contribution in [2.45, 2.75) is 57.4 Å². The van der Waals surface area contributed by atoms with Gasteiger partial charge in [0, 0.05) is 41.1 Å². The maximum Gasteiger partial charge on any atom is 0.231 e. The predicted octanol–water partition coefficient (Wildman–Crippen LogP) is 11.4. The molecule has 16 heteroatoms. The van der Waals surface area contributed by atoms with Crippen LogP contribution in [-0.2, 0) is 28.4 Å². The largest absolute Gasteiger partial charge is 0.496 e. The van der Waals surface area contributed by atoms with Crippen LogP contribution < -0.4 is 47.4 Å². The molecular weight excluding hydrogens is 1020 g/mol. The molecule has 0 N–H and O–H groups in total. The Labute approximate surface area is 466 Å². The number of fused-ring (bicyclic) bond motifs is 6. The van der Waals surface area contributed by atoms with Gasteiger partial charge in [-0.1, -0.05) is 42.5 Å². The van der Waals surface area contributed by atoms with Crippen LogP contribution >= 0.6 is 0 Å². The Morgan fingerprint density at radius 3 is 0.838 bits per heavy atom. The van der Waals surface area contributed by atoms with E-state index >= 15 is 0 Å².